The first kappa shape index (κ1) is 55.2. The fourth-order valence-corrected chi connectivity index (χ4v) is 16.1. The number of aromatic nitrogens is 1. The third-order valence-corrected chi connectivity index (χ3v) is 20.7. The number of hydrogen-bond donors (Lipinski definition) is 0. The molecule has 96 heavy (non-hydrogen) atoms. The highest BCUT2D eigenvalue weighted by atomic mass is 15.0. The largest absolute Gasteiger partial charge is 0.309 e. The van der Waals surface area contributed by atoms with Gasteiger partial charge >= 0.3 is 0 Å². The predicted molar refractivity (Wildman–Crippen MR) is 406 cm³/mol. The van der Waals surface area contributed by atoms with Crippen LogP contribution in [0.5, 0.6) is 0 Å². The minimum absolute atomic E-state index is 0.652. The van der Waals surface area contributed by atoms with Crippen molar-refractivity contribution in [3.63, 3.8) is 0 Å². The van der Waals surface area contributed by atoms with Crippen molar-refractivity contribution < 1.29 is 0 Å². The Morgan fingerprint density at radius 2 is 0.542 bits per heavy atom. The number of hydrogen-bond acceptors (Lipinski definition) is 0. The van der Waals surface area contributed by atoms with E-state index in [4.69, 9.17) is 0 Å². The maximum absolute atomic E-state index is 2.52. The molecule has 0 saturated carbocycles. The van der Waals surface area contributed by atoms with Crippen molar-refractivity contribution >= 4 is 64.9 Å². The van der Waals surface area contributed by atoms with Gasteiger partial charge in [0, 0.05) is 16.5 Å². The van der Waals surface area contributed by atoms with Crippen LogP contribution in [0.4, 0.5) is 0 Å². The molecule has 446 valence electrons. The van der Waals surface area contributed by atoms with Gasteiger partial charge in [0.25, 0.3) is 0 Å². The Morgan fingerprint density at radius 3 is 1.04 bits per heavy atom. The van der Waals surface area contributed by atoms with Crippen molar-refractivity contribution in [1.29, 1.82) is 0 Å². The summed E-state index contributed by atoms with van der Waals surface area (Å²) in [5.74, 6) is 0. The molecule has 1 aliphatic rings. The Morgan fingerprint density at radius 1 is 0.177 bits per heavy atom. The van der Waals surface area contributed by atoms with Gasteiger partial charge in [0.05, 0.1) is 16.4 Å². The molecule has 0 N–H and O–H groups in total. The van der Waals surface area contributed by atoms with E-state index < -0.39 is 5.41 Å². The summed E-state index contributed by atoms with van der Waals surface area (Å²) in [4.78, 5) is 0. The molecule has 1 heteroatoms. The molecule has 0 saturated heterocycles. The Labute approximate surface area is 558 Å². The topological polar surface area (TPSA) is 4.93 Å². The Balaban J connectivity index is 0.745. The summed E-state index contributed by atoms with van der Waals surface area (Å²) in [5, 5.41) is 12.5. The van der Waals surface area contributed by atoms with Gasteiger partial charge in [-0.3, -0.25) is 0 Å². The second-order valence-corrected chi connectivity index (χ2v) is 25.8. The van der Waals surface area contributed by atoms with Crippen molar-refractivity contribution in [2.75, 3.05) is 0 Å². The lowest BCUT2D eigenvalue weighted by Gasteiger charge is -2.34. The first-order valence-corrected chi connectivity index (χ1v) is 33.4. The first-order chi connectivity index (χ1) is 47.6. The van der Waals surface area contributed by atoms with E-state index in [1.807, 2.05) is 0 Å². The molecule has 1 aromatic heterocycles. The van der Waals surface area contributed by atoms with Crippen LogP contribution in [0.3, 0.4) is 0 Å². The molecule has 1 aliphatic carbocycles. The molecule has 0 amide bonds. The summed E-state index contributed by atoms with van der Waals surface area (Å²) in [5.41, 5.74) is 27.1. The summed E-state index contributed by atoms with van der Waals surface area (Å²) in [6, 6.07) is 138. The van der Waals surface area contributed by atoms with Crippen molar-refractivity contribution in [2.24, 2.45) is 0 Å². The van der Waals surface area contributed by atoms with Crippen LogP contribution in [0.2, 0.25) is 0 Å². The van der Waals surface area contributed by atoms with Crippen LogP contribution in [-0.4, -0.2) is 4.57 Å². The molecule has 0 radical (unpaired) electrons. The van der Waals surface area contributed by atoms with Crippen molar-refractivity contribution in [2.45, 2.75) is 5.41 Å². The first-order valence-electron chi connectivity index (χ1n) is 33.4. The van der Waals surface area contributed by atoms with Crippen molar-refractivity contribution in [3.8, 4) is 94.7 Å². The van der Waals surface area contributed by atoms with Crippen LogP contribution in [0.15, 0.2) is 370 Å². The lowest BCUT2D eigenvalue weighted by molar-refractivity contribution is 0.768. The summed E-state index contributed by atoms with van der Waals surface area (Å²) in [6.07, 6.45) is 0. The second kappa shape index (κ2) is 22.4. The Kier molecular flexibility index (Phi) is 12.9. The van der Waals surface area contributed by atoms with Gasteiger partial charge in [-0.2, -0.15) is 0 Å². The Bertz CT molecular complexity index is 5800. The standard InChI is InChI=1S/C95H61N/c1-3-22-76(23-4-1)95(77-24-5-2-6-25-77)91-60-75(88-59-74-19-9-12-28-83(74)84-29-13-14-30-85(84)88)49-53-86(91)87-54-52-78(61-92(87)95)96-93-55-50-72(66-37-33-62(34-38-66)64-41-45-70(46-42-64)81-31-15-20-68-17-7-10-26-79(68)81)57-89(93)90-58-73(51-56-94(90)96)67-39-35-63(36-40-67)65-43-47-71(48-44-65)82-32-16-21-69-18-8-11-27-80(69)82/h1-61H. The Hall–Kier alpha value is -12.4. The molecule has 19 rings (SSSR count). The van der Waals surface area contributed by atoms with E-state index in [-0.39, 0.29) is 0 Å². The SMILES string of the molecule is c1ccc(C2(c3ccccc3)c3cc(-c4cc5ccccc5c5ccccc45)ccc3-c3ccc(-n4c5ccc(-c6ccc(-c7ccc(-c8cccc9ccccc89)cc7)cc6)cc5c5cc(-c6ccc(-c7ccc(-c8cccc9ccccc89)cc7)cc6)ccc54)cc32)cc1. The average Bonchev–Trinajstić information content (AvgIpc) is 1.50. The molecule has 1 nitrogen and oxygen atoms in total. The fourth-order valence-electron chi connectivity index (χ4n) is 16.1. The molecule has 0 aliphatic heterocycles. The van der Waals surface area contributed by atoms with Gasteiger partial charge in [-0.25, -0.2) is 0 Å². The van der Waals surface area contributed by atoms with Crippen LogP contribution in [0.25, 0.3) is 160 Å². The number of fused-ring (bicyclic) bond motifs is 11. The molecule has 18 aromatic rings. The normalized spacial score (nSPS) is 12.5. The molecule has 17 aromatic carbocycles. The van der Waals surface area contributed by atoms with Crippen LogP contribution in [0.1, 0.15) is 22.3 Å². The fraction of sp³-hybridized carbons (Fsp3) is 0.0105. The quantitative estimate of drug-likeness (QED) is 0.120. The maximum Gasteiger partial charge on any atom is 0.0714 e. The number of benzene rings is 17. The third kappa shape index (κ3) is 8.93. The molecular formula is C95H61N. The number of rotatable bonds is 10. The number of nitrogens with zero attached hydrogens (tertiary/aromatic N) is 1. The molecule has 0 unspecified atom stereocenters. The van der Waals surface area contributed by atoms with Gasteiger partial charge in [0.1, 0.15) is 0 Å². The molecule has 1 heterocycles. The van der Waals surface area contributed by atoms with Crippen LogP contribution in [-0.2, 0) is 5.41 Å². The van der Waals surface area contributed by atoms with Crippen molar-refractivity contribution in [1.82, 2.24) is 4.57 Å². The zero-order chi connectivity index (χ0) is 63.3. The summed E-state index contributed by atoms with van der Waals surface area (Å²) in [6.45, 7) is 0. The van der Waals surface area contributed by atoms with E-state index in [0.29, 0.717) is 0 Å². The highest BCUT2D eigenvalue weighted by Gasteiger charge is 2.46. The van der Waals surface area contributed by atoms with Gasteiger partial charge in [0.2, 0.25) is 0 Å². The van der Waals surface area contributed by atoms with Crippen LogP contribution in [0, 0.1) is 0 Å². The van der Waals surface area contributed by atoms with E-state index >= 15 is 0 Å². The maximum atomic E-state index is 2.52. The third-order valence-electron chi connectivity index (χ3n) is 20.7. The second-order valence-electron chi connectivity index (χ2n) is 25.8. The zero-order valence-corrected chi connectivity index (χ0v) is 52.7. The minimum atomic E-state index is -0.652. The van der Waals surface area contributed by atoms with E-state index in [1.165, 1.54) is 165 Å². The van der Waals surface area contributed by atoms with Gasteiger partial charge in [0.15, 0.2) is 0 Å². The summed E-state index contributed by atoms with van der Waals surface area (Å²) < 4.78 is 2.52. The predicted octanol–water partition coefficient (Wildman–Crippen LogP) is 25.4. The highest BCUT2D eigenvalue weighted by Crippen LogP contribution is 2.58. The molecule has 0 spiro atoms. The van der Waals surface area contributed by atoms with E-state index in [0.717, 1.165) is 16.7 Å². The molecule has 0 atom stereocenters. The zero-order valence-electron chi connectivity index (χ0n) is 52.7. The molecule has 0 fully saturated rings. The average molecular weight is 1220 g/mol. The van der Waals surface area contributed by atoms with E-state index in [2.05, 4.69) is 375 Å². The minimum Gasteiger partial charge on any atom is -0.309 e. The van der Waals surface area contributed by atoms with E-state index in [1.54, 1.807) is 0 Å². The van der Waals surface area contributed by atoms with Gasteiger partial charge < -0.3 is 4.57 Å². The van der Waals surface area contributed by atoms with Crippen LogP contribution >= 0.6 is 0 Å². The monoisotopic (exact) mass is 1220 g/mol. The molecule has 0 bridgehead atoms. The lowest BCUT2D eigenvalue weighted by atomic mass is 9.67. The van der Waals surface area contributed by atoms with Crippen LogP contribution < -0.4 is 0 Å². The lowest BCUT2D eigenvalue weighted by Crippen LogP contribution is -2.28. The van der Waals surface area contributed by atoms with Gasteiger partial charge in [-0.15, -0.1) is 0 Å². The summed E-state index contributed by atoms with van der Waals surface area (Å²) in [7, 11) is 0. The smallest absolute Gasteiger partial charge is 0.0714 e. The van der Waals surface area contributed by atoms with Crippen molar-refractivity contribution in [3.05, 3.63) is 392 Å². The highest BCUT2D eigenvalue weighted by molar-refractivity contribution is 6.15. The van der Waals surface area contributed by atoms with E-state index in [9.17, 15) is 0 Å². The summed E-state index contributed by atoms with van der Waals surface area (Å²) >= 11 is 0. The molecular weight excluding hydrogens is 1160 g/mol. The van der Waals surface area contributed by atoms with Gasteiger partial charge in [-0.1, -0.05) is 322 Å². The van der Waals surface area contributed by atoms with Gasteiger partial charge in [-0.05, 0) is 203 Å².